The van der Waals surface area contributed by atoms with Crippen LogP contribution < -0.4 is 9.62 Å². The van der Waals surface area contributed by atoms with E-state index in [1.165, 1.54) is 31.2 Å². The van der Waals surface area contributed by atoms with Gasteiger partial charge in [0.1, 0.15) is 12.6 Å². The second kappa shape index (κ2) is 14.6. The average Bonchev–Trinajstić information content (AvgIpc) is 3.00. The first-order chi connectivity index (χ1) is 21.2. The normalized spacial score (nSPS) is 14.9. The second-order valence-electron chi connectivity index (χ2n) is 10.7. The zero-order chi connectivity index (χ0) is 32.9. The summed E-state index contributed by atoms with van der Waals surface area (Å²) in [7, 11) is -4.64. The van der Waals surface area contributed by atoms with Gasteiger partial charge in [-0.3, -0.25) is 13.9 Å². The maximum atomic E-state index is 14.2. The zero-order valence-electron chi connectivity index (χ0n) is 24.2. The van der Waals surface area contributed by atoms with Crippen LogP contribution in [0.4, 0.5) is 18.9 Å². The van der Waals surface area contributed by atoms with E-state index in [0.717, 1.165) is 43.1 Å². The molecule has 3 aromatic carbocycles. The molecule has 0 aliphatic heterocycles. The second-order valence-corrected chi connectivity index (χ2v) is 13.8. The van der Waals surface area contributed by atoms with E-state index in [1.807, 2.05) is 0 Å². The molecule has 45 heavy (non-hydrogen) atoms. The van der Waals surface area contributed by atoms with Crippen molar-refractivity contribution in [2.24, 2.45) is 0 Å². The molecule has 1 atom stereocenters. The Kier molecular flexibility index (Phi) is 11.3. The minimum atomic E-state index is -4.83. The topological polar surface area (TPSA) is 86.8 Å². The lowest BCUT2D eigenvalue weighted by Gasteiger charge is -2.34. The van der Waals surface area contributed by atoms with Crippen molar-refractivity contribution in [3.8, 4) is 0 Å². The van der Waals surface area contributed by atoms with Crippen molar-refractivity contribution < 1.29 is 31.2 Å². The quantitative estimate of drug-likeness (QED) is 0.234. The van der Waals surface area contributed by atoms with Crippen LogP contribution in [0.1, 0.15) is 50.2 Å². The number of halogens is 6. The first-order valence-corrected chi connectivity index (χ1v) is 16.7. The molecule has 1 saturated carbocycles. The number of nitrogens with one attached hydrogen (secondary N) is 1. The fourth-order valence-corrected chi connectivity index (χ4v) is 7.35. The Morgan fingerprint density at radius 3 is 2.13 bits per heavy atom. The Morgan fingerprint density at radius 2 is 1.53 bits per heavy atom. The monoisotopic (exact) mass is 703 g/mol. The van der Waals surface area contributed by atoms with Crippen molar-refractivity contribution in [2.75, 3.05) is 10.8 Å². The third-order valence-electron chi connectivity index (χ3n) is 7.66. The highest BCUT2D eigenvalue weighted by Gasteiger charge is 2.37. The van der Waals surface area contributed by atoms with Crippen molar-refractivity contribution in [3.63, 3.8) is 0 Å². The van der Waals surface area contributed by atoms with Crippen molar-refractivity contribution in [1.29, 1.82) is 0 Å². The lowest BCUT2D eigenvalue weighted by Crippen LogP contribution is -2.53. The van der Waals surface area contributed by atoms with Crippen molar-refractivity contribution in [2.45, 2.75) is 68.7 Å². The fourth-order valence-electron chi connectivity index (χ4n) is 5.12. The summed E-state index contributed by atoms with van der Waals surface area (Å²) in [6.07, 6.45) is -0.326. The van der Waals surface area contributed by atoms with Gasteiger partial charge in [-0.05, 0) is 62.2 Å². The van der Waals surface area contributed by atoms with E-state index in [0.29, 0.717) is 22.0 Å². The zero-order valence-corrected chi connectivity index (χ0v) is 27.2. The van der Waals surface area contributed by atoms with Gasteiger partial charge in [0.25, 0.3) is 10.0 Å². The van der Waals surface area contributed by atoms with Gasteiger partial charge in [-0.15, -0.1) is 0 Å². The first kappa shape index (κ1) is 34.9. The highest BCUT2D eigenvalue weighted by Crippen LogP contribution is 2.37. The van der Waals surface area contributed by atoms with Crippen LogP contribution in [0.2, 0.25) is 15.1 Å². The Hall–Kier alpha value is -2.99. The summed E-state index contributed by atoms with van der Waals surface area (Å²) < 4.78 is 69.6. The molecule has 7 nitrogen and oxygen atoms in total. The smallest absolute Gasteiger partial charge is 0.352 e. The summed E-state index contributed by atoms with van der Waals surface area (Å²) >= 11 is 19.1. The number of carbonyl (C=O) groups excluding carboxylic acids is 2. The molecule has 0 saturated heterocycles. The summed E-state index contributed by atoms with van der Waals surface area (Å²) in [6.45, 7) is 0.210. The van der Waals surface area contributed by atoms with Crippen molar-refractivity contribution in [3.05, 3.63) is 92.9 Å². The molecule has 0 radical (unpaired) electrons. The van der Waals surface area contributed by atoms with Crippen LogP contribution in [0.5, 0.6) is 0 Å². The summed E-state index contributed by atoms with van der Waals surface area (Å²) in [5.74, 6) is -1.38. The number of hydrogen-bond acceptors (Lipinski definition) is 4. The lowest BCUT2D eigenvalue weighted by atomic mass is 9.95. The van der Waals surface area contributed by atoms with E-state index < -0.39 is 51.9 Å². The van der Waals surface area contributed by atoms with Gasteiger partial charge in [0.05, 0.1) is 21.2 Å². The molecule has 1 aliphatic carbocycles. The molecule has 1 fully saturated rings. The molecule has 1 N–H and O–H groups in total. The standard InChI is InChI=1S/C31H31Cl3F3N3O4S/c1-20(30(42)38-22-9-4-2-5-10-22)39(18-24-25(32)13-8-14-26(24)33)29(41)19-40(45(43,44)23-11-6-3-7-12-23)28-17-21(31(35,36)37)15-16-27(28)34/h3,6-8,11-17,20,22H,2,4-5,9-10,18-19H2,1H3,(H,38,42). The highest BCUT2D eigenvalue weighted by atomic mass is 35.5. The van der Waals surface area contributed by atoms with Crippen LogP contribution in [-0.2, 0) is 32.3 Å². The molecule has 0 heterocycles. The molecule has 2 amide bonds. The number of carbonyl (C=O) groups is 2. The molecule has 0 aromatic heterocycles. The molecule has 0 spiro atoms. The van der Waals surface area contributed by atoms with Crippen LogP contribution >= 0.6 is 34.8 Å². The van der Waals surface area contributed by atoms with Gasteiger partial charge < -0.3 is 10.2 Å². The number of nitrogens with zero attached hydrogens (tertiary/aromatic N) is 2. The third kappa shape index (κ3) is 8.44. The van der Waals surface area contributed by atoms with Crippen LogP contribution in [-0.4, -0.2) is 43.8 Å². The van der Waals surface area contributed by atoms with Gasteiger partial charge in [0.15, 0.2) is 0 Å². The SMILES string of the molecule is CC(C(=O)NC1CCCCC1)N(Cc1c(Cl)cccc1Cl)C(=O)CN(c1cc(C(F)(F)F)ccc1Cl)S(=O)(=O)c1ccccc1. The van der Waals surface area contributed by atoms with Gasteiger partial charge >= 0.3 is 6.18 Å². The lowest BCUT2D eigenvalue weighted by molar-refractivity contribution is -0.139. The molecule has 1 aliphatic rings. The first-order valence-electron chi connectivity index (χ1n) is 14.2. The van der Waals surface area contributed by atoms with Gasteiger partial charge in [0.2, 0.25) is 11.8 Å². The predicted octanol–water partition coefficient (Wildman–Crippen LogP) is 7.73. The van der Waals surface area contributed by atoms with Gasteiger partial charge in [-0.2, -0.15) is 13.2 Å². The number of benzene rings is 3. The molecule has 1 unspecified atom stereocenters. The number of alkyl halides is 3. The van der Waals surface area contributed by atoms with Crippen molar-refractivity contribution in [1.82, 2.24) is 10.2 Å². The molecule has 14 heteroatoms. The minimum absolute atomic E-state index is 0.0894. The molecular formula is C31H31Cl3F3N3O4S. The predicted molar refractivity (Wildman–Crippen MR) is 169 cm³/mol. The maximum Gasteiger partial charge on any atom is 0.416 e. The third-order valence-corrected chi connectivity index (χ3v) is 10.5. The van der Waals surface area contributed by atoms with Gasteiger partial charge in [-0.1, -0.05) is 78.3 Å². The largest absolute Gasteiger partial charge is 0.416 e. The van der Waals surface area contributed by atoms with Crippen LogP contribution in [0.3, 0.4) is 0 Å². The van der Waals surface area contributed by atoms with E-state index in [4.69, 9.17) is 34.8 Å². The highest BCUT2D eigenvalue weighted by molar-refractivity contribution is 7.92. The Balaban J connectivity index is 1.78. The number of amides is 2. The molecule has 4 rings (SSSR count). The van der Waals surface area contributed by atoms with Gasteiger partial charge in [0, 0.05) is 28.2 Å². The van der Waals surface area contributed by atoms with Crippen LogP contribution in [0.25, 0.3) is 0 Å². The number of rotatable bonds is 10. The minimum Gasteiger partial charge on any atom is -0.352 e. The van der Waals surface area contributed by atoms with E-state index in [1.54, 1.807) is 24.3 Å². The van der Waals surface area contributed by atoms with Gasteiger partial charge in [-0.25, -0.2) is 8.42 Å². The fraction of sp³-hybridized carbons (Fsp3) is 0.355. The summed E-state index contributed by atoms with van der Waals surface area (Å²) in [4.78, 5) is 28.4. The Morgan fingerprint density at radius 1 is 0.911 bits per heavy atom. The Bertz CT molecular complexity index is 1620. The van der Waals surface area contributed by atoms with E-state index in [-0.39, 0.29) is 32.5 Å². The van der Waals surface area contributed by atoms with Crippen LogP contribution in [0.15, 0.2) is 71.6 Å². The van der Waals surface area contributed by atoms with Crippen LogP contribution in [0, 0.1) is 0 Å². The van der Waals surface area contributed by atoms with E-state index in [2.05, 4.69) is 5.32 Å². The maximum absolute atomic E-state index is 14.2. The Labute approximate surface area is 275 Å². The number of sulfonamides is 1. The molecule has 3 aromatic rings. The summed E-state index contributed by atoms with van der Waals surface area (Å²) in [5, 5.41) is 3.04. The van der Waals surface area contributed by atoms with E-state index >= 15 is 0 Å². The molecular weight excluding hydrogens is 674 g/mol. The summed E-state index contributed by atoms with van der Waals surface area (Å²) in [6, 6.07) is 12.6. The molecule has 242 valence electrons. The van der Waals surface area contributed by atoms with E-state index in [9.17, 15) is 31.2 Å². The van der Waals surface area contributed by atoms with Crippen molar-refractivity contribution >= 4 is 62.3 Å². The number of anilines is 1. The number of hydrogen-bond donors (Lipinski definition) is 1. The summed E-state index contributed by atoms with van der Waals surface area (Å²) in [5.41, 5.74) is -1.41. The molecule has 0 bridgehead atoms. The average molecular weight is 705 g/mol.